The van der Waals surface area contributed by atoms with Crippen LogP contribution in [0.5, 0.6) is 0 Å². The molecular weight excluding hydrogens is 184 g/mol. The molecule has 15 heavy (non-hydrogen) atoms. The number of allylic oxidation sites excluding steroid dienone is 4. The summed E-state index contributed by atoms with van der Waals surface area (Å²) in [5, 5.41) is 9.31. The van der Waals surface area contributed by atoms with Gasteiger partial charge in [-0.3, -0.25) is 0 Å². The van der Waals surface area contributed by atoms with Crippen molar-refractivity contribution in [2.24, 2.45) is 0 Å². The Morgan fingerprint density at radius 2 is 1.80 bits per heavy atom. The fraction of sp³-hybridized carbons (Fsp3) is 0.429. The lowest BCUT2D eigenvalue weighted by Crippen LogP contribution is -1.93. The van der Waals surface area contributed by atoms with E-state index in [0.717, 1.165) is 17.6 Å². The standard InChI is InChI=1S/C12H18O.C2H6/c1-6-9(4)11(7-2)12(8-3)10(5)13;1-2/h7-8,13H,2,5-6H2,1,3-4H3;1-2H3/b11-9-,12-8-;. The van der Waals surface area contributed by atoms with Crippen LogP contribution in [0.15, 0.2) is 47.8 Å². The van der Waals surface area contributed by atoms with E-state index in [0.29, 0.717) is 0 Å². The van der Waals surface area contributed by atoms with Crippen LogP contribution in [0.25, 0.3) is 0 Å². The molecule has 1 N–H and O–H groups in total. The predicted molar refractivity (Wildman–Crippen MR) is 70.1 cm³/mol. The third kappa shape index (κ3) is 5.26. The van der Waals surface area contributed by atoms with E-state index in [1.165, 1.54) is 5.57 Å². The zero-order valence-electron chi connectivity index (χ0n) is 10.7. The second-order valence-electron chi connectivity index (χ2n) is 2.90. The van der Waals surface area contributed by atoms with Crippen LogP contribution in [0, 0.1) is 0 Å². The first-order chi connectivity index (χ1) is 7.08. The Morgan fingerprint density at radius 1 is 1.33 bits per heavy atom. The van der Waals surface area contributed by atoms with Crippen molar-refractivity contribution >= 4 is 0 Å². The fourth-order valence-corrected chi connectivity index (χ4v) is 1.18. The van der Waals surface area contributed by atoms with Crippen LogP contribution in [0.1, 0.15) is 41.0 Å². The summed E-state index contributed by atoms with van der Waals surface area (Å²) < 4.78 is 0. The highest BCUT2D eigenvalue weighted by atomic mass is 16.3. The monoisotopic (exact) mass is 208 g/mol. The van der Waals surface area contributed by atoms with Gasteiger partial charge in [-0.15, -0.1) is 0 Å². The molecule has 1 heteroatoms. The second-order valence-corrected chi connectivity index (χ2v) is 2.90. The quantitative estimate of drug-likeness (QED) is 0.512. The maximum Gasteiger partial charge on any atom is 0.115 e. The summed E-state index contributed by atoms with van der Waals surface area (Å²) in [6.45, 7) is 17.2. The maximum atomic E-state index is 9.31. The van der Waals surface area contributed by atoms with Crippen molar-refractivity contribution in [1.29, 1.82) is 0 Å². The van der Waals surface area contributed by atoms with Gasteiger partial charge in [0.25, 0.3) is 0 Å². The second kappa shape index (κ2) is 9.32. The summed E-state index contributed by atoms with van der Waals surface area (Å²) in [5.74, 6) is 0.102. The highest BCUT2D eigenvalue weighted by Gasteiger charge is 2.06. The average molecular weight is 208 g/mol. The largest absolute Gasteiger partial charge is 0.508 e. The van der Waals surface area contributed by atoms with E-state index >= 15 is 0 Å². The molecule has 0 fully saturated rings. The van der Waals surface area contributed by atoms with Gasteiger partial charge < -0.3 is 5.11 Å². The van der Waals surface area contributed by atoms with E-state index in [1.807, 2.05) is 33.8 Å². The van der Waals surface area contributed by atoms with Crippen LogP contribution >= 0.6 is 0 Å². The van der Waals surface area contributed by atoms with Crippen molar-refractivity contribution in [1.82, 2.24) is 0 Å². The molecule has 0 bridgehead atoms. The number of aliphatic hydroxyl groups excluding tert-OH is 1. The molecule has 0 radical (unpaired) electrons. The van der Waals surface area contributed by atoms with E-state index in [-0.39, 0.29) is 5.76 Å². The van der Waals surface area contributed by atoms with Crippen LogP contribution in [-0.2, 0) is 0 Å². The smallest absolute Gasteiger partial charge is 0.115 e. The molecule has 0 unspecified atom stereocenters. The van der Waals surface area contributed by atoms with E-state index in [1.54, 1.807) is 6.08 Å². The van der Waals surface area contributed by atoms with Gasteiger partial charge in [0.15, 0.2) is 0 Å². The lowest BCUT2D eigenvalue weighted by atomic mass is 9.98. The summed E-state index contributed by atoms with van der Waals surface area (Å²) in [5.41, 5.74) is 2.96. The van der Waals surface area contributed by atoms with E-state index in [4.69, 9.17) is 0 Å². The van der Waals surface area contributed by atoms with Crippen LogP contribution in [0.4, 0.5) is 0 Å². The lowest BCUT2D eigenvalue weighted by Gasteiger charge is -2.09. The highest BCUT2D eigenvalue weighted by molar-refractivity contribution is 5.49. The van der Waals surface area contributed by atoms with Crippen molar-refractivity contribution in [2.75, 3.05) is 0 Å². The molecule has 0 atom stereocenters. The Labute approximate surface area is 94.5 Å². The third-order valence-corrected chi connectivity index (χ3v) is 2.08. The Balaban J connectivity index is 0. The number of hydrogen-bond acceptors (Lipinski definition) is 1. The summed E-state index contributed by atoms with van der Waals surface area (Å²) in [7, 11) is 0. The summed E-state index contributed by atoms with van der Waals surface area (Å²) in [6.07, 6.45) is 4.56. The molecule has 0 saturated heterocycles. The topological polar surface area (TPSA) is 20.2 Å². The van der Waals surface area contributed by atoms with Gasteiger partial charge >= 0.3 is 0 Å². The molecule has 0 amide bonds. The van der Waals surface area contributed by atoms with E-state index in [9.17, 15) is 5.11 Å². The van der Waals surface area contributed by atoms with Gasteiger partial charge in [0.05, 0.1) is 0 Å². The van der Waals surface area contributed by atoms with Crippen LogP contribution in [0.3, 0.4) is 0 Å². The summed E-state index contributed by atoms with van der Waals surface area (Å²) in [6, 6.07) is 0. The van der Waals surface area contributed by atoms with Crippen LogP contribution in [-0.4, -0.2) is 5.11 Å². The van der Waals surface area contributed by atoms with Crippen LogP contribution < -0.4 is 0 Å². The van der Waals surface area contributed by atoms with Crippen molar-refractivity contribution < 1.29 is 5.11 Å². The molecule has 0 aromatic carbocycles. The van der Waals surface area contributed by atoms with Crippen molar-refractivity contribution in [3.8, 4) is 0 Å². The van der Waals surface area contributed by atoms with Gasteiger partial charge in [-0.25, -0.2) is 0 Å². The highest BCUT2D eigenvalue weighted by Crippen LogP contribution is 2.22. The molecule has 0 aliphatic carbocycles. The normalized spacial score (nSPS) is 12.2. The summed E-state index contributed by atoms with van der Waals surface area (Å²) >= 11 is 0. The fourth-order valence-electron chi connectivity index (χ4n) is 1.18. The van der Waals surface area contributed by atoms with Crippen molar-refractivity contribution in [3.05, 3.63) is 47.8 Å². The summed E-state index contributed by atoms with van der Waals surface area (Å²) in [4.78, 5) is 0. The first-order valence-electron chi connectivity index (χ1n) is 5.45. The third-order valence-electron chi connectivity index (χ3n) is 2.08. The number of rotatable bonds is 4. The van der Waals surface area contributed by atoms with Gasteiger partial charge in [-0.2, -0.15) is 0 Å². The van der Waals surface area contributed by atoms with Crippen molar-refractivity contribution in [2.45, 2.75) is 41.0 Å². The Morgan fingerprint density at radius 3 is 2.00 bits per heavy atom. The molecule has 0 rings (SSSR count). The maximum absolute atomic E-state index is 9.31. The zero-order valence-corrected chi connectivity index (χ0v) is 10.7. The molecule has 86 valence electrons. The number of hydrogen-bond donors (Lipinski definition) is 1. The predicted octanol–water partition coefficient (Wildman–Crippen LogP) is 4.94. The van der Waals surface area contributed by atoms with E-state index in [2.05, 4.69) is 20.1 Å². The molecule has 1 nitrogen and oxygen atoms in total. The molecule has 0 aliphatic rings. The zero-order chi connectivity index (χ0) is 12.4. The minimum absolute atomic E-state index is 0.102. The van der Waals surface area contributed by atoms with Crippen LogP contribution in [0.2, 0.25) is 0 Å². The van der Waals surface area contributed by atoms with E-state index < -0.39 is 0 Å². The van der Waals surface area contributed by atoms with Crippen molar-refractivity contribution in [3.63, 3.8) is 0 Å². The SMILES string of the molecule is C=CC(=C(\C)CC)/C(=C\C)C(=C)O.CC. The number of aliphatic hydroxyl groups is 1. The molecule has 0 aliphatic heterocycles. The molecule has 0 aromatic rings. The molecular formula is C14H24O. The Kier molecular flexibility index (Phi) is 10.1. The Hall–Kier alpha value is -1.24. The first-order valence-corrected chi connectivity index (χ1v) is 5.45. The van der Waals surface area contributed by atoms with Gasteiger partial charge in [0.1, 0.15) is 5.76 Å². The van der Waals surface area contributed by atoms with Gasteiger partial charge in [0, 0.05) is 5.57 Å². The van der Waals surface area contributed by atoms with Gasteiger partial charge in [0.2, 0.25) is 0 Å². The molecule has 0 saturated carbocycles. The average Bonchev–Trinajstić information content (AvgIpc) is 2.26. The molecule has 0 spiro atoms. The molecule has 0 aromatic heterocycles. The lowest BCUT2D eigenvalue weighted by molar-refractivity contribution is 0.428. The minimum atomic E-state index is 0.102. The molecule has 0 heterocycles. The van der Waals surface area contributed by atoms with Gasteiger partial charge in [-0.05, 0) is 25.8 Å². The Bertz CT molecular complexity index is 267. The van der Waals surface area contributed by atoms with Gasteiger partial charge in [-0.1, -0.05) is 51.7 Å². The minimum Gasteiger partial charge on any atom is -0.508 e. The first kappa shape index (κ1) is 16.2.